The zero-order chi connectivity index (χ0) is 29.6. The highest BCUT2D eigenvalue weighted by Gasteiger charge is 2.36. The van der Waals surface area contributed by atoms with E-state index in [1.54, 1.807) is 30.4 Å². The van der Waals surface area contributed by atoms with Crippen LogP contribution in [0.2, 0.25) is 5.02 Å². The Morgan fingerprint density at radius 2 is 1.86 bits per heavy atom. The van der Waals surface area contributed by atoms with Crippen LogP contribution in [0.1, 0.15) is 59.7 Å². The summed E-state index contributed by atoms with van der Waals surface area (Å²) in [5.74, 6) is 0.481. The molecule has 1 fully saturated rings. The molecule has 0 radical (unpaired) electrons. The van der Waals surface area contributed by atoms with Crippen molar-refractivity contribution in [2.75, 3.05) is 26.3 Å². The summed E-state index contributed by atoms with van der Waals surface area (Å²) in [6.45, 7) is 9.42. The first-order valence-corrected chi connectivity index (χ1v) is 14.4. The Kier molecular flexibility index (Phi) is 7.36. The molecule has 42 heavy (non-hydrogen) atoms. The molecule has 5 heterocycles. The molecule has 0 saturated carbocycles. The number of aromatic nitrogens is 4. The van der Waals surface area contributed by atoms with Crippen LogP contribution in [0.5, 0.6) is 0 Å². The van der Waals surface area contributed by atoms with Crippen LogP contribution in [-0.2, 0) is 22.4 Å². The molecule has 1 aromatic carbocycles. The number of ether oxygens (including phenoxy) is 2. The molecule has 4 aromatic rings. The van der Waals surface area contributed by atoms with E-state index in [9.17, 15) is 9.59 Å². The molecule has 1 saturated heterocycles. The van der Waals surface area contributed by atoms with Crippen LogP contribution in [0.15, 0.2) is 43.0 Å². The monoisotopic (exact) mass is 588 g/mol. The number of amides is 2. The molecular formula is C31H33ClN6O4. The van der Waals surface area contributed by atoms with E-state index in [0.29, 0.717) is 61.3 Å². The number of halogens is 1. The Hall–Kier alpha value is -4.02. The molecule has 11 heteroatoms. The summed E-state index contributed by atoms with van der Waals surface area (Å²) in [6, 6.07) is 5.86. The van der Waals surface area contributed by atoms with Crippen molar-refractivity contribution < 1.29 is 19.1 Å². The predicted molar refractivity (Wildman–Crippen MR) is 158 cm³/mol. The van der Waals surface area contributed by atoms with E-state index in [-0.39, 0.29) is 5.91 Å². The summed E-state index contributed by atoms with van der Waals surface area (Å²) in [5, 5.41) is 1.44. The fourth-order valence-corrected chi connectivity index (χ4v) is 5.75. The molecule has 0 bridgehead atoms. The first-order valence-electron chi connectivity index (χ1n) is 14.0. The predicted octanol–water partition coefficient (Wildman–Crippen LogP) is 5.49. The van der Waals surface area contributed by atoms with Gasteiger partial charge >= 0.3 is 6.09 Å². The Labute approximate surface area is 249 Å². The molecule has 3 aromatic heterocycles. The Bertz CT molecular complexity index is 1660. The van der Waals surface area contributed by atoms with Crippen molar-refractivity contribution in [1.29, 1.82) is 0 Å². The number of rotatable bonds is 3. The molecule has 218 valence electrons. The van der Waals surface area contributed by atoms with Gasteiger partial charge in [0.1, 0.15) is 17.1 Å². The fourth-order valence-electron chi connectivity index (χ4n) is 5.55. The molecule has 1 N–H and O–H groups in total. The summed E-state index contributed by atoms with van der Waals surface area (Å²) in [4.78, 5) is 46.5. The second kappa shape index (κ2) is 11.0. The zero-order valence-corrected chi connectivity index (χ0v) is 24.9. The van der Waals surface area contributed by atoms with Crippen molar-refractivity contribution in [3.8, 4) is 11.1 Å². The summed E-state index contributed by atoms with van der Waals surface area (Å²) >= 11 is 6.42. The third-order valence-electron chi connectivity index (χ3n) is 7.62. The molecule has 1 atom stereocenters. The van der Waals surface area contributed by atoms with Crippen LogP contribution >= 0.6 is 11.6 Å². The summed E-state index contributed by atoms with van der Waals surface area (Å²) < 4.78 is 11.7. The SMILES string of the molecule is Cc1ncc(C(=O)N2CCc3cc(-c4cnc5[nH]cc(Cl)c5c4)cc(C4COCCN4C(=O)OC(C)(C)C)c3C2)cn1. The van der Waals surface area contributed by atoms with Crippen LogP contribution in [0, 0.1) is 6.92 Å². The Balaban J connectivity index is 1.43. The largest absolute Gasteiger partial charge is 0.444 e. The highest BCUT2D eigenvalue weighted by atomic mass is 35.5. The minimum atomic E-state index is -0.641. The van der Waals surface area contributed by atoms with Gasteiger partial charge in [0.25, 0.3) is 5.91 Å². The zero-order valence-electron chi connectivity index (χ0n) is 24.1. The molecule has 2 aliphatic rings. The van der Waals surface area contributed by atoms with E-state index in [0.717, 1.165) is 33.2 Å². The maximum absolute atomic E-state index is 13.5. The minimum absolute atomic E-state index is 0.128. The second-order valence-electron chi connectivity index (χ2n) is 11.7. The van der Waals surface area contributed by atoms with E-state index in [1.807, 2.05) is 37.9 Å². The summed E-state index contributed by atoms with van der Waals surface area (Å²) in [6.07, 6.45) is 6.94. The van der Waals surface area contributed by atoms with Gasteiger partial charge in [-0.15, -0.1) is 0 Å². The van der Waals surface area contributed by atoms with E-state index in [4.69, 9.17) is 21.1 Å². The van der Waals surface area contributed by atoms with Gasteiger partial charge in [-0.1, -0.05) is 17.7 Å². The maximum atomic E-state index is 13.5. The average Bonchev–Trinajstić information content (AvgIpc) is 3.35. The van der Waals surface area contributed by atoms with Gasteiger partial charge in [-0.25, -0.2) is 19.7 Å². The van der Waals surface area contributed by atoms with Crippen molar-refractivity contribution in [3.05, 3.63) is 76.1 Å². The lowest BCUT2D eigenvalue weighted by Gasteiger charge is -2.39. The number of pyridine rings is 1. The second-order valence-corrected chi connectivity index (χ2v) is 12.1. The van der Waals surface area contributed by atoms with Crippen molar-refractivity contribution in [2.24, 2.45) is 0 Å². The van der Waals surface area contributed by atoms with Gasteiger partial charge in [-0.05, 0) is 68.5 Å². The highest BCUT2D eigenvalue weighted by Crippen LogP contribution is 2.38. The maximum Gasteiger partial charge on any atom is 0.410 e. The third kappa shape index (κ3) is 5.56. The van der Waals surface area contributed by atoms with Crippen LogP contribution in [0.25, 0.3) is 22.2 Å². The molecular weight excluding hydrogens is 556 g/mol. The van der Waals surface area contributed by atoms with Crippen LogP contribution < -0.4 is 0 Å². The summed E-state index contributed by atoms with van der Waals surface area (Å²) in [7, 11) is 0. The van der Waals surface area contributed by atoms with Gasteiger partial charge in [0, 0.05) is 55.4 Å². The number of aromatic amines is 1. The van der Waals surface area contributed by atoms with E-state index in [1.165, 1.54) is 0 Å². The Morgan fingerprint density at radius 1 is 1.07 bits per heavy atom. The van der Waals surface area contributed by atoms with Crippen molar-refractivity contribution >= 4 is 34.6 Å². The van der Waals surface area contributed by atoms with Gasteiger partial charge in [0.05, 0.1) is 29.8 Å². The number of carbonyl (C=O) groups excluding carboxylic acids is 2. The smallest absolute Gasteiger partial charge is 0.410 e. The molecule has 2 aliphatic heterocycles. The van der Waals surface area contributed by atoms with Crippen LogP contribution in [-0.4, -0.2) is 73.6 Å². The first-order chi connectivity index (χ1) is 20.1. The number of carbonyl (C=O) groups is 2. The van der Waals surface area contributed by atoms with Gasteiger partial charge in [-0.2, -0.15) is 0 Å². The lowest BCUT2D eigenvalue weighted by molar-refractivity contribution is -0.0334. The van der Waals surface area contributed by atoms with Crippen molar-refractivity contribution in [1.82, 2.24) is 29.7 Å². The first kappa shape index (κ1) is 28.1. The normalized spacial score (nSPS) is 17.3. The van der Waals surface area contributed by atoms with Crippen molar-refractivity contribution in [2.45, 2.75) is 52.3 Å². The minimum Gasteiger partial charge on any atom is -0.444 e. The standard InChI is InChI=1S/C31H33ClN6O4/c1-18-33-13-22(14-34-18)29(39)37-6-5-19-9-20(21-11-24-26(32)15-36-28(24)35-12-21)10-23(25(19)16-37)27-17-41-8-7-38(27)30(40)42-31(2,3)4/h9-15,27H,5-8,16-17H2,1-4H3,(H,35,36). The topological polar surface area (TPSA) is 114 Å². The van der Waals surface area contributed by atoms with Crippen LogP contribution in [0.3, 0.4) is 0 Å². The van der Waals surface area contributed by atoms with Crippen LogP contribution in [0.4, 0.5) is 4.79 Å². The number of morpholine rings is 1. The Morgan fingerprint density at radius 3 is 2.62 bits per heavy atom. The number of benzene rings is 1. The number of H-pyrrole nitrogens is 1. The van der Waals surface area contributed by atoms with E-state index >= 15 is 0 Å². The molecule has 10 nitrogen and oxygen atoms in total. The molecule has 6 rings (SSSR count). The summed E-state index contributed by atoms with van der Waals surface area (Å²) in [5.41, 5.74) is 5.42. The quantitative estimate of drug-likeness (QED) is 0.337. The number of hydrogen-bond acceptors (Lipinski definition) is 7. The molecule has 0 aliphatic carbocycles. The lowest BCUT2D eigenvalue weighted by atomic mass is 9.86. The highest BCUT2D eigenvalue weighted by molar-refractivity contribution is 6.35. The number of nitrogens with one attached hydrogen (secondary N) is 1. The average molecular weight is 589 g/mol. The van der Waals surface area contributed by atoms with Gasteiger partial charge in [-0.3, -0.25) is 9.69 Å². The van der Waals surface area contributed by atoms with E-state index in [2.05, 4.69) is 32.1 Å². The molecule has 0 spiro atoms. The molecule has 1 unspecified atom stereocenters. The van der Waals surface area contributed by atoms with Gasteiger partial charge in [0.15, 0.2) is 0 Å². The number of fused-ring (bicyclic) bond motifs is 2. The molecule has 2 amide bonds. The van der Waals surface area contributed by atoms with Crippen molar-refractivity contribution in [3.63, 3.8) is 0 Å². The number of hydrogen-bond donors (Lipinski definition) is 1. The third-order valence-corrected chi connectivity index (χ3v) is 7.93. The van der Waals surface area contributed by atoms with E-state index < -0.39 is 17.7 Å². The number of aryl methyl sites for hydroxylation is 1. The van der Waals surface area contributed by atoms with Gasteiger partial charge < -0.3 is 19.4 Å². The fraction of sp³-hybridized carbons (Fsp3) is 0.387. The van der Waals surface area contributed by atoms with Gasteiger partial charge in [0.2, 0.25) is 0 Å². The lowest BCUT2D eigenvalue weighted by Crippen LogP contribution is -2.46. The number of nitrogens with zero attached hydrogens (tertiary/aromatic N) is 5.